The minimum Gasteiger partial charge on any atom is -0.497 e. The molecule has 4 heteroatoms. The van der Waals surface area contributed by atoms with Gasteiger partial charge in [-0.1, -0.05) is 20.3 Å². The average molecular weight is 385 g/mol. The fourth-order valence-electron chi connectivity index (χ4n) is 6.12. The van der Waals surface area contributed by atoms with Crippen LogP contribution in [-0.4, -0.2) is 18.9 Å². The van der Waals surface area contributed by atoms with Crippen molar-refractivity contribution < 1.29 is 19.1 Å². The Balaban J connectivity index is 1.68. The van der Waals surface area contributed by atoms with Crippen molar-refractivity contribution in [2.45, 2.75) is 77.6 Å². The Labute approximate surface area is 168 Å². The zero-order chi connectivity index (χ0) is 19.9. The standard InChI is InChI=1S/C24H32O4/c1-4-5-6-22(26)28-20-14-16(27-3)13-15-7-8-17-18(23(15)20)11-12-24(2)19(17)9-10-21(24)25/h13-14,17-19H,4-12H2,1-3H3/t17-,18+,19+,24+/m1/s1. The molecule has 28 heavy (non-hydrogen) atoms. The summed E-state index contributed by atoms with van der Waals surface area (Å²) < 4.78 is 11.4. The molecule has 152 valence electrons. The van der Waals surface area contributed by atoms with Crippen molar-refractivity contribution in [1.82, 2.24) is 0 Å². The average Bonchev–Trinajstić information content (AvgIpc) is 3.00. The number of carbonyl (C=O) groups excluding carboxylic acids is 2. The van der Waals surface area contributed by atoms with Gasteiger partial charge in [0.05, 0.1) is 7.11 Å². The molecule has 0 radical (unpaired) electrons. The molecule has 2 fully saturated rings. The smallest absolute Gasteiger partial charge is 0.311 e. The number of hydrogen-bond acceptors (Lipinski definition) is 4. The number of hydrogen-bond donors (Lipinski definition) is 0. The van der Waals surface area contributed by atoms with Crippen molar-refractivity contribution in [3.63, 3.8) is 0 Å². The van der Waals surface area contributed by atoms with Crippen LogP contribution in [0.15, 0.2) is 12.1 Å². The van der Waals surface area contributed by atoms with Crippen LogP contribution in [0.2, 0.25) is 0 Å². The maximum atomic E-state index is 12.6. The summed E-state index contributed by atoms with van der Waals surface area (Å²) in [5.74, 6) is 3.12. The van der Waals surface area contributed by atoms with Gasteiger partial charge in [-0.25, -0.2) is 0 Å². The van der Waals surface area contributed by atoms with E-state index in [-0.39, 0.29) is 11.4 Å². The topological polar surface area (TPSA) is 52.6 Å². The van der Waals surface area contributed by atoms with E-state index >= 15 is 0 Å². The van der Waals surface area contributed by atoms with Gasteiger partial charge in [-0.3, -0.25) is 9.59 Å². The molecule has 1 aromatic carbocycles. The van der Waals surface area contributed by atoms with E-state index in [4.69, 9.17) is 9.47 Å². The molecule has 0 N–H and O–H groups in total. The SMILES string of the molecule is CCCCC(=O)Oc1cc(OC)cc2c1[C@H]1CC[C@]3(C)C(=O)CC[C@H]3[C@@H]1CC2. The first-order valence-electron chi connectivity index (χ1n) is 10.9. The molecule has 0 amide bonds. The number of fused-ring (bicyclic) bond motifs is 5. The zero-order valence-electron chi connectivity index (χ0n) is 17.4. The van der Waals surface area contributed by atoms with Gasteiger partial charge in [-0.2, -0.15) is 0 Å². The first kappa shape index (κ1) is 19.5. The number of ether oxygens (including phenoxy) is 2. The van der Waals surface area contributed by atoms with Gasteiger partial charge in [0.1, 0.15) is 17.3 Å². The van der Waals surface area contributed by atoms with Crippen LogP contribution < -0.4 is 9.47 Å². The van der Waals surface area contributed by atoms with Gasteiger partial charge < -0.3 is 9.47 Å². The van der Waals surface area contributed by atoms with Crippen molar-refractivity contribution in [2.24, 2.45) is 17.3 Å². The molecule has 0 aliphatic heterocycles. The van der Waals surface area contributed by atoms with Gasteiger partial charge in [-0.15, -0.1) is 0 Å². The second-order valence-corrected chi connectivity index (χ2v) is 9.11. The molecule has 0 unspecified atom stereocenters. The quantitative estimate of drug-likeness (QED) is 0.516. The van der Waals surface area contributed by atoms with Crippen molar-refractivity contribution in [3.05, 3.63) is 23.3 Å². The number of aryl methyl sites for hydroxylation is 1. The van der Waals surface area contributed by atoms with Crippen LogP contribution in [0.4, 0.5) is 0 Å². The first-order chi connectivity index (χ1) is 13.5. The predicted octanol–water partition coefficient (Wildman–Crippen LogP) is 5.22. The summed E-state index contributed by atoms with van der Waals surface area (Å²) in [6, 6.07) is 4.00. The fourth-order valence-corrected chi connectivity index (χ4v) is 6.12. The van der Waals surface area contributed by atoms with Gasteiger partial charge in [-0.05, 0) is 67.9 Å². The second-order valence-electron chi connectivity index (χ2n) is 9.11. The first-order valence-corrected chi connectivity index (χ1v) is 10.9. The number of benzene rings is 1. The number of Topliss-reactive ketones (excluding diaryl/α,β-unsaturated/α-hetero) is 1. The number of ketones is 1. The summed E-state index contributed by atoms with van der Waals surface area (Å²) in [5, 5.41) is 0. The minimum atomic E-state index is -0.156. The molecular weight excluding hydrogens is 352 g/mol. The van der Waals surface area contributed by atoms with E-state index in [2.05, 4.69) is 19.9 Å². The predicted molar refractivity (Wildman–Crippen MR) is 108 cm³/mol. The van der Waals surface area contributed by atoms with Crippen molar-refractivity contribution in [2.75, 3.05) is 7.11 Å². The largest absolute Gasteiger partial charge is 0.497 e. The van der Waals surface area contributed by atoms with E-state index in [1.807, 2.05) is 6.07 Å². The van der Waals surface area contributed by atoms with Crippen molar-refractivity contribution in [3.8, 4) is 11.5 Å². The molecule has 0 aromatic heterocycles. The van der Waals surface area contributed by atoms with Crippen LogP contribution in [-0.2, 0) is 16.0 Å². The maximum absolute atomic E-state index is 12.6. The highest BCUT2D eigenvalue weighted by atomic mass is 16.5. The van der Waals surface area contributed by atoms with E-state index in [0.29, 0.717) is 35.7 Å². The Morgan fingerprint density at radius 3 is 2.79 bits per heavy atom. The van der Waals surface area contributed by atoms with Crippen LogP contribution in [0.5, 0.6) is 11.5 Å². The number of carbonyl (C=O) groups is 2. The zero-order valence-corrected chi connectivity index (χ0v) is 17.4. The van der Waals surface area contributed by atoms with Gasteiger partial charge in [0, 0.05) is 29.9 Å². The number of methoxy groups -OCH3 is 1. The second kappa shape index (κ2) is 7.53. The molecule has 4 atom stereocenters. The molecule has 1 aromatic rings. The lowest BCUT2D eigenvalue weighted by molar-refractivity contribution is -0.134. The Morgan fingerprint density at radius 1 is 1.21 bits per heavy atom. The minimum absolute atomic E-state index is 0.136. The summed E-state index contributed by atoms with van der Waals surface area (Å²) in [4.78, 5) is 24.9. The van der Waals surface area contributed by atoms with Crippen molar-refractivity contribution >= 4 is 11.8 Å². The molecule has 2 saturated carbocycles. The number of esters is 1. The summed E-state index contributed by atoms with van der Waals surface area (Å²) in [7, 11) is 1.66. The number of unbranched alkanes of at least 4 members (excludes halogenated alkanes) is 1. The lowest BCUT2D eigenvalue weighted by Gasteiger charge is -2.48. The Morgan fingerprint density at radius 2 is 2.04 bits per heavy atom. The summed E-state index contributed by atoms with van der Waals surface area (Å²) >= 11 is 0. The maximum Gasteiger partial charge on any atom is 0.311 e. The third-order valence-corrected chi connectivity index (χ3v) is 7.66. The monoisotopic (exact) mass is 384 g/mol. The lowest BCUT2D eigenvalue weighted by atomic mass is 9.55. The summed E-state index contributed by atoms with van der Waals surface area (Å²) in [6.07, 6.45) is 8.06. The van der Waals surface area contributed by atoms with Crippen LogP contribution in [0, 0.1) is 17.3 Å². The molecule has 0 bridgehead atoms. The van der Waals surface area contributed by atoms with Crippen LogP contribution >= 0.6 is 0 Å². The Hall–Kier alpha value is -1.84. The van der Waals surface area contributed by atoms with Gasteiger partial charge in [0.2, 0.25) is 0 Å². The van der Waals surface area contributed by atoms with Gasteiger partial charge >= 0.3 is 5.97 Å². The molecule has 0 saturated heterocycles. The molecule has 4 nitrogen and oxygen atoms in total. The Bertz CT molecular complexity index is 783. The highest BCUT2D eigenvalue weighted by Crippen LogP contribution is 2.60. The van der Waals surface area contributed by atoms with Crippen LogP contribution in [0.25, 0.3) is 0 Å². The normalized spacial score (nSPS) is 31.0. The lowest BCUT2D eigenvalue weighted by Crippen LogP contribution is -2.42. The van der Waals surface area contributed by atoms with E-state index in [1.54, 1.807) is 7.11 Å². The molecule has 0 spiro atoms. The number of rotatable bonds is 5. The Kier molecular flexibility index (Phi) is 5.24. The van der Waals surface area contributed by atoms with Gasteiger partial charge in [0.25, 0.3) is 0 Å². The summed E-state index contributed by atoms with van der Waals surface area (Å²) in [5.41, 5.74) is 2.33. The third-order valence-electron chi connectivity index (χ3n) is 7.66. The van der Waals surface area contributed by atoms with Crippen LogP contribution in [0.3, 0.4) is 0 Å². The molecular formula is C24H32O4. The van der Waals surface area contributed by atoms with E-state index in [9.17, 15) is 9.59 Å². The molecule has 3 aliphatic carbocycles. The highest BCUT2D eigenvalue weighted by Gasteiger charge is 2.55. The molecule has 4 rings (SSSR count). The fraction of sp³-hybridized carbons (Fsp3) is 0.667. The molecule has 3 aliphatic rings. The molecule has 0 heterocycles. The highest BCUT2D eigenvalue weighted by molar-refractivity contribution is 5.87. The summed E-state index contributed by atoms with van der Waals surface area (Å²) in [6.45, 7) is 4.27. The van der Waals surface area contributed by atoms with E-state index in [1.165, 1.54) is 11.1 Å². The van der Waals surface area contributed by atoms with Gasteiger partial charge in [0.15, 0.2) is 0 Å². The third kappa shape index (κ3) is 3.15. The van der Waals surface area contributed by atoms with Crippen molar-refractivity contribution in [1.29, 1.82) is 0 Å². The van der Waals surface area contributed by atoms with E-state index < -0.39 is 0 Å². The van der Waals surface area contributed by atoms with Crippen LogP contribution in [0.1, 0.15) is 82.3 Å². The van der Waals surface area contributed by atoms with E-state index in [0.717, 1.165) is 57.1 Å².